The van der Waals surface area contributed by atoms with Gasteiger partial charge in [0.2, 0.25) is 11.8 Å². The first-order valence-corrected chi connectivity index (χ1v) is 9.31. The Balaban J connectivity index is 1.63. The van der Waals surface area contributed by atoms with Crippen LogP contribution in [0.3, 0.4) is 0 Å². The second-order valence-corrected chi connectivity index (χ2v) is 7.14. The average molecular weight is 360 g/mol. The van der Waals surface area contributed by atoms with E-state index in [1.54, 1.807) is 14.2 Å². The Kier molecular flexibility index (Phi) is 5.69. The number of carbonyl (C=O) groups excluding carboxylic acids is 2. The molecule has 2 amide bonds. The van der Waals surface area contributed by atoms with Crippen molar-refractivity contribution in [3.63, 3.8) is 0 Å². The van der Waals surface area contributed by atoms with Crippen LogP contribution in [0.15, 0.2) is 12.1 Å². The summed E-state index contributed by atoms with van der Waals surface area (Å²) in [6.07, 6.45) is 3.23. The zero-order valence-corrected chi connectivity index (χ0v) is 15.9. The molecule has 3 rings (SSSR count). The highest BCUT2D eigenvalue weighted by Gasteiger charge is 2.34. The SMILES string of the molecule is COc1cc(C)c(CC(=O)N2CCCN(C(=O)C3CC3)CC2)cc1OC. The van der Waals surface area contributed by atoms with Gasteiger partial charge in [-0.25, -0.2) is 0 Å². The van der Waals surface area contributed by atoms with Gasteiger partial charge in [0.15, 0.2) is 11.5 Å². The molecule has 0 spiro atoms. The molecule has 1 aliphatic heterocycles. The van der Waals surface area contributed by atoms with Crippen LogP contribution >= 0.6 is 0 Å². The van der Waals surface area contributed by atoms with Crippen LogP contribution in [0.2, 0.25) is 0 Å². The molecular formula is C20H28N2O4. The van der Waals surface area contributed by atoms with Gasteiger partial charge in [-0.3, -0.25) is 9.59 Å². The van der Waals surface area contributed by atoms with Crippen LogP contribution in [-0.2, 0) is 16.0 Å². The van der Waals surface area contributed by atoms with Crippen molar-refractivity contribution in [2.45, 2.75) is 32.6 Å². The Labute approximate surface area is 155 Å². The van der Waals surface area contributed by atoms with Gasteiger partial charge in [0, 0.05) is 32.1 Å². The summed E-state index contributed by atoms with van der Waals surface area (Å²) in [4.78, 5) is 28.9. The number of rotatable bonds is 5. The van der Waals surface area contributed by atoms with Crippen molar-refractivity contribution < 1.29 is 19.1 Å². The number of carbonyl (C=O) groups is 2. The zero-order valence-electron chi connectivity index (χ0n) is 15.9. The van der Waals surface area contributed by atoms with Gasteiger partial charge in [-0.15, -0.1) is 0 Å². The predicted molar refractivity (Wildman–Crippen MR) is 98.5 cm³/mol. The molecule has 1 saturated heterocycles. The van der Waals surface area contributed by atoms with Gasteiger partial charge in [0.05, 0.1) is 20.6 Å². The third-order valence-corrected chi connectivity index (χ3v) is 5.27. The lowest BCUT2D eigenvalue weighted by molar-refractivity contribution is -0.134. The molecule has 6 heteroatoms. The molecule has 0 radical (unpaired) electrons. The number of hydrogen-bond donors (Lipinski definition) is 0. The first-order chi connectivity index (χ1) is 12.5. The zero-order chi connectivity index (χ0) is 18.7. The largest absolute Gasteiger partial charge is 0.493 e. The minimum Gasteiger partial charge on any atom is -0.493 e. The molecule has 26 heavy (non-hydrogen) atoms. The first kappa shape index (κ1) is 18.5. The molecule has 1 aromatic rings. The van der Waals surface area contributed by atoms with Crippen molar-refractivity contribution in [2.75, 3.05) is 40.4 Å². The van der Waals surface area contributed by atoms with Gasteiger partial charge in [-0.05, 0) is 49.4 Å². The van der Waals surface area contributed by atoms with Crippen LogP contribution in [0.25, 0.3) is 0 Å². The summed E-state index contributed by atoms with van der Waals surface area (Å²) >= 11 is 0. The molecule has 142 valence electrons. The van der Waals surface area contributed by atoms with E-state index in [0.717, 1.165) is 36.9 Å². The molecule has 0 N–H and O–H groups in total. The fraction of sp³-hybridized carbons (Fsp3) is 0.600. The summed E-state index contributed by atoms with van der Waals surface area (Å²) < 4.78 is 10.7. The molecule has 0 bridgehead atoms. The second kappa shape index (κ2) is 7.98. The average Bonchev–Trinajstić information content (AvgIpc) is 3.48. The number of aryl methyl sites for hydroxylation is 1. The topological polar surface area (TPSA) is 59.1 Å². The highest BCUT2D eigenvalue weighted by atomic mass is 16.5. The molecule has 1 aliphatic carbocycles. The molecule has 1 heterocycles. The monoisotopic (exact) mass is 360 g/mol. The van der Waals surface area contributed by atoms with Crippen LogP contribution in [0.5, 0.6) is 11.5 Å². The van der Waals surface area contributed by atoms with E-state index in [9.17, 15) is 9.59 Å². The van der Waals surface area contributed by atoms with Gasteiger partial charge in [0.1, 0.15) is 0 Å². The van der Waals surface area contributed by atoms with Crippen LogP contribution < -0.4 is 9.47 Å². The van der Waals surface area contributed by atoms with Gasteiger partial charge in [-0.1, -0.05) is 0 Å². The number of benzene rings is 1. The van der Waals surface area contributed by atoms with Crippen molar-refractivity contribution in [3.8, 4) is 11.5 Å². The summed E-state index contributed by atoms with van der Waals surface area (Å²) in [6, 6.07) is 3.78. The molecule has 1 saturated carbocycles. The highest BCUT2D eigenvalue weighted by molar-refractivity contribution is 5.82. The lowest BCUT2D eigenvalue weighted by Crippen LogP contribution is -2.38. The molecule has 1 aromatic carbocycles. The van der Waals surface area contributed by atoms with Crippen LogP contribution in [-0.4, -0.2) is 62.0 Å². The van der Waals surface area contributed by atoms with Crippen molar-refractivity contribution in [1.82, 2.24) is 9.80 Å². The van der Waals surface area contributed by atoms with E-state index >= 15 is 0 Å². The van der Waals surface area contributed by atoms with E-state index in [4.69, 9.17) is 9.47 Å². The van der Waals surface area contributed by atoms with Crippen molar-refractivity contribution in [2.24, 2.45) is 5.92 Å². The summed E-state index contributed by atoms with van der Waals surface area (Å²) in [6.45, 7) is 4.70. The summed E-state index contributed by atoms with van der Waals surface area (Å²) in [5.41, 5.74) is 1.96. The van der Waals surface area contributed by atoms with E-state index in [0.29, 0.717) is 37.6 Å². The minimum absolute atomic E-state index is 0.0982. The van der Waals surface area contributed by atoms with Crippen molar-refractivity contribution in [1.29, 1.82) is 0 Å². The lowest BCUT2D eigenvalue weighted by atomic mass is 10.0. The normalized spacial score (nSPS) is 17.7. The Bertz CT molecular complexity index is 685. The van der Waals surface area contributed by atoms with Gasteiger partial charge < -0.3 is 19.3 Å². The Morgan fingerprint density at radius 1 is 1.00 bits per heavy atom. The number of hydrogen-bond acceptors (Lipinski definition) is 4. The summed E-state index contributed by atoms with van der Waals surface area (Å²) in [7, 11) is 3.20. The highest BCUT2D eigenvalue weighted by Crippen LogP contribution is 2.32. The quantitative estimate of drug-likeness (QED) is 0.806. The van der Waals surface area contributed by atoms with Crippen molar-refractivity contribution in [3.05, 3.63) is 23.3 Å². The first-order valence-electron chi connectivity index (χ1n) is 9.31. The Morgan fingerprint density at radius 2 is 1.62 bits per heavy atom. The number of ether oxygens (including phenoxy) is 2. The maximum absolute atomic E-state index is 12.8. The van der Waals surface area contributed by atoms with E-state index in [-0.39, 0.29) is 17.7 Å². The Morgan fingerprint density at radius 3 is 2.27 bits per heavy atom. The third-order valence-electron chi connectivity index (χ3n) is 5.27. The predicted octanol–water partition coefficient (Wildman–Crippen LogP) is 2.03. The number of amides is 2. The van der Waals surface area contributed by atoms with Gasteiger partial charge in [-0.2, -0.15) is 0 Å². The summed E-state index contributed by atoms with van der Waals surface area (Å²) in [5, 5.41) is 0. The van der Waals surface area contributed by atoms with Gasteiger partial charge in [0.25, 0.3) is 0 Å². The minimum atomic E-state index is 0.0982. The molecule has 0 atom stereocenters. The number of nitrogens with zero attached hydrogens (tertiary/aromatic N) is 2. The summed E-state index contributed by atoms with van der Waals surface area (Å²) in [5.74, 6) is 1.92. The van der Waals surface area contributed by atoms with Crippen molar-refractivity contribution >= 4 is 11.8 Å². The van der Waals surface area contributed by atoms with E-state index in [1.165, 1.54) is 0 Å². The number of methoxy groups -OCH3 is 2. The van der Waals surface area contributed by atoms with Crippen LogP contribution in [0.4, 0.5) is 0 Å². The molecule has 6 nitrogen and oxygen atoms in total. The maximum Gasteiger partial charge on any atom is 0.227 e. The fourth-order valence-electron chi connectivity index (χ4n) is 3.46. The standard InChI is InChI=1S/C20H28N2O4/c1-14-11-17(25-2)18(26-3)12-16(14)13-19(23)21-7-4-8-22(10-9-21)20(24)15-5-6-15/h11-12,15H,4-10,13H2,1-3H3. The molecule has 2 fully saturated rings. The Hall–Kier alpha value is -2.24. The van der Waals surface area contributed by atoms with E-state index in [2.05, 4.69) is 0 Å². The maximum atomic E-state index is 12.8. The second-order valence-electron chi connectivity index (χ2n) is 7.14. The molecule has 0 aromatic heterocycles. The van der Waals surface area contributed by atoms with E-state index in [1.807, 2.05) is 28.9 Å². The van der Waals surface area contributed by atoms with Gasteiger partial charge >= 0.3 is 0 Å². The van der Waals surface area contributed by atoms with Crippen LogP contribution in [0.1, 0.15) is 30.4 Å². The van der Waals surface area contributed by atoms with E-state index < -0.39 is 0 Å². The molecule has 0 unspecified atom stereocenters. The fourth-order valence-corrected chi connectivity index (χ4v) is 3.46. The van der Waals surface area contributed by atoms with Crippen LogP contribution in [0, 0.1) is 12.8 Å². The third kappa shape index (κ3) is 4.11. The smallest absolute Gasteiger partial charge is 0.227 e. The lowest BCUT2D eigenvalue weighted by Gasteiger charge is -2.23. The molecular weight excluding hydrogens is 332 g/mol. The molecule has 2 aliphatic rings.